The third-order valence-corrected chi connectivity index (χ3v) is 12.4. The molecule has 11 aromatic carbocycles. The minimum absolute atomic E-state index is 0.693. The van der Waals surface area contributed by atoms with Gasteiger partial charge in [0.25, 0.3) is 0 Å². The molecule has 0 N–H and O–H groups in total. The van der Waals surface area contributed by atoms with Crippen LogP contribution in [0.15, 0.2) is 170 Å². The van der Waals surface area contributed by atoms with E-state index in [2.05, 4.69) is 121 Å². The second kappa shape index (κ2) is 13.0. The quantitative estimate of drug-likeness (QED) is 0.123. The number of hydrogen-bond acceptors (Lipinski definition) is 0. The summed E-state index contributed by atoms with van der Waals surface area (Å²) in [5.74, 6) is 0. The molecular weight excluding hydrogens is 766 g/mol. The van der Waals surface area contributed by atoms with Gasteiger partial charge in [-0.3, -0.25) is 0 Å². The molecule has 4 heteroatoms. The summed E-state index contributed by atoms with van der Waals surface area (Å²) in [5, 5.41) is 17.2. The van der Waals surface area contributed by atoms with Gasteiger partial charge in [-0.25, -0.2) is 0 Å². The number of fused-ring (bicyclic) bond motifs is 6. The molecule has 0 fully saturated rings. The summed E-state index contributed by atoms with van der Waals surface area (Å²) in [5.41, 5.74) is 8.95. The number of rotatable bonds is 4. The van der Waals surface area contributed by atoms with Gasteiger partial charge in [-0.05, 0) is 164 Å². The lowest BCUT2D eigenvalue weighted by molar-refractivity contribution is 1.62. The lowest BCUT2D eigenvalue weighted by atomic mass is 9.78. The molecule has 0 bridgehead atoms. The van der Waals surface area contributed by atoms with Gasteiger partial charge >= 0.3 is 0 Å². The Morgan fingerprint density at radius 3 is 1.11 bits per heavy atom. The van der Waals surface area contributed by atoms with Gasteiger partial charge in [0.15, 0.2) is 0 Å². The molecule has 0 aliphatic heterocycles. The monoisotopic (exact) mass is 792 g/mol. The first kappa shape index (κ1) is 33.7. The van der Waals surface area contributed by atoms with Crippen LogP contribution in [0, 0.1) is 0 Å². The molecule has 0 atom stereocenters. The van der Waals surface area contributed by atoms with Crippen LogP contribution in [0.2, 0.25) is 20.1 Å². The van der Waals surface area contributed by atoms with Crippen molar-refractivity contribution in [3.8, 4) is 44.5 Å². The fraction of sp³-hybridized carbons (Fsp3) is 0. The van der Waals surface area contributed by atoms with E-state index in [0.29, 0.717) is 20.1 Å². The SMILES string of the molecule is Clc1ccc(-c2c(-c3ccc(Cl)cc3)c3cc4c(-c5ccc(Cl)cc5)c(-c5ccc(Cl)cc5)c5ccc6ccccc6c5c4c4ccc5cccc2c5c34)cc1. The van der Waals surface area contributed by atoms with E-state index >= 15 is 0 Å². The van der Waals surface area contributed by atoms with Gasteiger partial charge in [0, 0.05) is 20.1 Å². The molecular formula is C52H28Cl4. The normalized spacial score (nSPS) is 11.9. The molecule has 11 rings (SSSR count). The van der Waals surface area contributed by atoms with Crippen molar-refractivity contribution in [2.75, 3.05) is 0 Å². The Morgan fingerprint density at radius 2 is 0.589 bits per heavy atom. The lowest BCUT2D eigenvalue weighted by Gasteiger charge is -2.25. The van der Waals surface area contributed by atoms with E-state index in [0.717, 1.165) is 49.9 Å². The molecule has 264 valence electrons. The topological polar surface area (TPSA) is 0 Å². The standard InChI is InChI=1S/C52H28Cl4/c53-35-18-8-31(9-19-35)45-40-7-3-5-30-17-27-42-51(47(30)40)43(48(45)33-12-22-37(55)23-13-33)28-44-49(34-14-24-38(56)25-15-34)46(32-10-20-36(54)21-11-32)41-26-16-29-4-1-2-6-39(29)50(41)52(42)44/h1-28H. The first-order chi connectivity index (χ1) is 27.4. The predicted molar refractivity (Wildman–Crippen MR) is 244 cm³/mol. The number of hydrogen-bond donors (Lipinski definition) is 0. The van der Waals surface area contributed by atoms with E-state index in [-0.39, 0.29) is 0 Å². The minimum atomic E-state index is 0.693. The zero-order valence-corrected chi connectivity index (χ0v) is 32.7. The Morgan fingerprint density at radius 1 is 0.232 bits per heavy atom. The Labute approximate surface area is 343 Å². The Bertz CT molecular complexity index is 3350. The van der Waals surface area contributed by atoms with Crippen molar-refractivity contribution >= 4 is 111 Å². The smallest absolute Gasteiger partial charge is 0.0406 e. The summed E-state index contributed by atoms with van der Waals surface area (Å²) in [7, 11) is 0. The highest BCUT2D eigenvalue weighted by molar-refractivity contribution is 6.42. The third-order valence-electron chi connectivity index (χ3n) is 11.4. The largest absolute Gasteiger partial charge is 0.0843 e. The molecule has 0 aliphatic carbocycles. The zero-order valence-electron chi connectivity index (χ0n) is 29.7. The summed E-state index contributed by atoms with van der Waals surface area (Å²) in [4.78, 5) is 0. The molecule has 0 heterocycles. The summed E-state index contributed by atoms with van der Waals surface area (Å²) in [6.45, 7) is 0. The molecule has 0 aliphatic rings. The summed E-state index contributed by atoms with van der Waals surface area (Å²) < 4.78 is 0. The predicted octanol–water partition coefficient (Wildman–Crippen LogP) is 17.3. The van der Waals surface area contributed by atoms with Crippen molar-refractivity contribution in [1.29, 1.82) is 0 Å². The van der Waals surface area contributed by atoms with Crippen molar-refractivity contribution in [3.05, 3.63) is 190 Å². The van der Waals surface area contributed by atoms with Gasteiger partial charge in [-0.15, -0.1) is 0 Å². The molecule has 0 saturated carbocycles. The minimum Gasteiger partial charge on any atom is -0.0843 e. The maximum absolute atomic E-state index is 6.58. The Hall–Kier alpha value is -5.60. The van der Waals surface area contributed by atoms with Crippen molar-refractivity contribution < 1.29 is 0 Å². The van der Waals surface area contributed by atoms with Crippen molar-refractivity contribution in [2.45, 2.75) is 0 Å². The van der Waals surface area contributed by atoms with Crippen LogP contribution in [0.5, 0.6) is 0 Å². The number of halogens is 4. The average molecular weight is 795 g/mol. The van der Waals surface area contributed by atoms with Crippen LogP contribution in [0.4, 0.5) is 0 Å². The Kier molecular flexibility index (Phi) is 7.82. The van der Waals surface area contributed by atoms with Crippen LogP contribution < -0.4 is 0 Å². The van der Waals surface area contributed by atoms with Gasteiger partial charge in [-0.2, -0.15) is 0 Å². The molecule has 0 nitrogen and oxygen atoms in total. The van der Waals surface area contributed by atoms with Crippen LogP contribution in [0.25, 0.3) is 109 Å². The fourth-order valence-corrected chi connectivity index (χ4v) is 9.63. The van der Waals surface area contributed by atoms with E-state index < -0.39 is 0 Å². The van der Waals surface area contributed by atoms with Crippen molar-refractivity contribution in [3.63, 3.8) is 0 Å². The average Bonchev–Trinajstić information content (AvgIpc) is 3.23. The molecule has 0 unspecified atom stereocenters. The summed E-state index contributed by atoms with van der Waals surface area (Å²) in [6, 6.07) is 60.1. The van der Waals surface area contributed by atoms with E-state index in [9.17, 15) is 0 Å². The molecule has 0 saturated heterocycles. The van der Waals surface area contributed by atoms with E-state index in [1.54, 1.807) is 0 Å². The van der Waals surface area contributed by atoms with Crippen LogP contribution in [-0.4, -0.2) is 0 Å². The second-order valence-electron chi connectivity index (χ2n) is 14.5. The van der Waals surface area contributed by atoms with Gasteiger partial charge < -0.3 is 0 Å². The second-order valence-corrected chi connectivity index (χ2v) is 16.2. The van der Waals surface area contributed by atoms with Crippen LogP contribution in [0.1, 0.15) is 0 Å². The highest BCUT2D eigenvalue weighted by Gasteiger charge is 2.26. The Balaban J connectivity index is 1.47. The molecule has 0 radical (unpaired) electrons. The number of benzene rings is 11. The zero-order chi connectivity index (χ0) is 37.7. The molecule has 11 aromatic rings. The highest BCUT2D eigenvalue weighted by atomic mass is 35.5. The fourth-order valence-electron chi connectivity index (χ4n) is 9.13. The van der Waals surface area contributed by atoms with Gasteiger partial charge in [0.1, 0.15) is 0 Å². The first-order valence-electron chi connectivity index (χ1n) is 18.5. The van der Waals surface area contributed by atoms with Crippen molar-refractivity contribution in [1.82, 2.24) is 0 Å². The van der Waals surface area contributed by atoms with Crippen LogP contribution in [0.3, 0.4) is 0 Å². The van der Waals surface area contributed by atoms with Crippen LogP contribution >= 0.6 is 46.4 Å². The van der Waals surface area contributed by atoms with Gasteiger partial charge in [0.2, 0.25) is 0 Å². The molecule has 56 heavy (non-hydrogen) atoms. The van der Waals surface area contributed by atoms with E-state index in [1.807, 2.05) is 48.5 Å². The molecule has 0 amide bonds. The third kappa shape index (κ3) is 5.14. The summed E-state index contributed by atoms with van der Waals surface area (Å²) in [6.07, 6.45) is 0. The van der Waals surface area contributed by atoms with Gasteiger partial charge in [-0.1, -0.05) is 162 Å². The van der Waals surface area contributed by atoms with Gasteiger partial charge in [0.05, 0.1) is 0 Å². The maximum Gasteiger partial charge on any atom is 0.0406 e. The lowest BCUT2D eigenvalue weighted by Crippen LogP contribution is -1.97. The van der Waals surface area contributed by atoms with Crippen molar-refractivity contribution in [2.24, 2.45) is 0 Å². The highest BCUT2D eigenvalue weighted by Crippen LogP contribution is 2.54. The maximum atomic E-state index is 6.58. The first-order valence-corrected chi connectivity index (χ1v) is 20.0. The van der Waals surface area contributed by atoms with Crippen LogP contribution in [-0.2, 0) is 0 Å². The van der Waals surface area contributed by atoms with E-state index in [4.69, 9.17) is 46.4 Å². The summed E-state index contributed by atoms with van der Waals surface area (Å²) >= 11 is 26.2. The van der Waals surface area contributed by atoms with E-state index in [1.165, 1.54) is 59.2 Å². The molecule has 0 aromatic heterocycles. The molecule has 0 spiro atoms.